The number of nitrogens with one attached hydrogen (secondary N) is 1. The summed E-state index contributed by atoms with van der Waals surface area (Å²) in [6.45, 7) is 0.637. The molecule has 80 valence electrons. The van der Waals surface area contributed by atoms with Gasteiger partial charge < -0.3 is 15.6 Å². The zero-order chi connectivity index (χ0) is 10.7. The number of aromatic nitrogens is 3. The van der Waals surface area contributed by atoms with Crippen molar-refractivity contribution in [3.63, 3.8) is 0 Å². The quantitative estimate of drug-likeness (QED) is 0.617. The van der Waals surface area contributed by atoms with Gasteiger partial charge in [-0.1, -0.05) is 0 Å². The van der Waals surface area contributed by atoms with Crippen molar-refractivity contribution in [2.75, 3.05) is 18.9 Å². The molecule has 0 amide bonds. The van der Waals surface area contributed by atoms with E-state index in [0.717, 1.165) is 11.2 Å². The third-order valence-corrected chi connectivity index (χ3v) is 1.97. The molecule has 0 saturated carbocycles. The molecule has 6 nitrogen and oxygen atoms in total. The maximum Gasteiger partial charge on any atom is 0.124 e. The Morgan fingerprint density at radius 3 is 3.13 bits per heavy atom. The number of nitrogens with two attached hydrogens (primary N) is 1. The average Bonchev–Trinajstić information content (AvgIpc) is 2.62. The van der Waals surface area contributed by atoms with E-state index in [4.69, 9.17) is 15.6 Å². The highest BCUT2D eigenvalue weighted by molar-refractivity contribution is 5.78. The first-order valence-electron chi connectivity index (χ1n) is 4.59. The van der Waals surface area contributed by atoms with Crippen molar-refractivity contribution in [1.29, 1.82) is 0 Å². The molecular formula is C9H12N4O2. The number of aromatic amines is 1. The first-order chi connectivity index (χ1) is 7.31. The van der Waals surface area contributed by atoms with E-state index in [0.29, 0.717) is 24.5 Å². The van der Waals surface area contributed by atoms with Crippen LogP contribution in [0.3, 0.4) is 0 Å². The molecule has 0 fully saturated rings. The number of pyridine rings is 1. The summed E-state index contributed by atoms with van der Waals surface area (Å²) >= 11 is 0. The fourth-order valence-corrected chi connectivity index (χ4v) is 1.30. The van der Waals surface area contributed by atoms with E-state index in [1.165, 1.54) is 0 Å². The van der Waals surface area contributed by atoms with Crippen molar-refractivity contribution in [3.8, 4) is 0 Å². The number of hydrogen-bond acceptors (Lipinski definition) is 5. The Bertz CT molecular complexity index is 454. The topological polar surface area (TPSA) is 97.0 Å². The molecule has 2 aromatic heterocycles. The molecule has 4 N–H and O–H groups in total. The monoisotopic (exact) mass is 208 g/mol. The molecule has 6 heteroatoms. The van der Waals surface area contributed by atoms with Gasteiger partial charge in [0.1, 0.15) is 16.9 Å². The van der Waals surface area contributed by atoms with E-state index in [1.54, 1.807) is 12.1 Å². The summed E-state index contributed by atoms with van der Waals surface area (Å²) in [6, 6.07) is 3.49. The molecule has 15 heavy (non-hydrogen) atoms. The molecule has 0 bridgehead atoms. The Balaban J connectivity index is 2.23. The number of H-pyrrole nitrogens is 1. The van der Waals surface area contributed by atoms with Gasteiger partial charge in [0.2, 0.25) is 0 Å². The molecule has 0 unspecified atom stereocenters. The minimum absolute atomic E-state index is 0.00162. The molecule has 0 saturated heterocycles. The second-order valence-electron chi connectivity index (χ2n) is 3.08. The summed E-state index contributed by atoms with van der Waals surface area (Å²) in [5.74, 6) is 0.451. The summed E-state index contributed by atoms with van der Waals surface area (Å²) < 4.78 is 5.17. The van der Waals surface area contributed by atoms with Gasteiger partial charge in [-0.15, -0.1) is 0 Å². The predicted molar refractivity (Wildman–Crippen MR) is 55.0 cm³/mol. The van der Waals surface area contributed by atoms with Crippen LogP contribution in [-0.4, -0.2) is 33.5 Å². The lowest BCUT2D eigenvalue weighted by Crippen LogP contribution is -2.00. The number of anilines is 1. The highest BCUT2D eigenvalue weighted by Gasteiger charge is 2.06. The Labute approximate surface area is 86.1 Å². The lowest BCUT2D eigenvalue weighted by atomic mass is 10.3. The number of aliphatic hydroxyl groups excluding tert-OH is 1. The molecule has 0 aliphatic carbocycles. The van der Waals surface area contributed by atoms with Crippen molar-refractivity contribution in [2.24, 2.45) is 0 Å². The van der Waals surface area contributed by atoms with Crippen LogP contribution < -0.4 is 5.73 Å². The second kappa shape index (κ2) is 4.24. The predicted octanol–water partition coefficient (Wildman–Crippen LogP) is 0.0490. The molecule has 0 radical (unpaired) electrons. The number of hydrogen-bond donors (Lipinski definition) is 3. The number of rotatable bonds is 4. The van der Waals surface area contributed by atoms with Gasteiger partial charge in [0.25, 0.3) is 0 Å². The average molecular weight is 208 g/mol. The van der Waals surface area contributed by atoms with Crippen molar-refractivity contribution < 1.29 is 9.84 Å². The molecule has 2 aromatic rings. The van der Waals surface area contributed by atoms with Crippen LogP contribution in [0.1, 0.15) is 5.69 Å². The number of fused-ring (bicyclic) bond motifs is 1. The molecule has 0 aromatic carbocycles. The SMILES string of the molecule is Nc1ccc2n[nH]c(COCCO)c2n1. The van der Waals surface area contributed by atoms with Gasteiger partial charge in [0.15, 0.2) is 0 Å². The highest BCUT2D eigenvalue weighted by atomic mass is 16.5. The smallest absolute Gasteiger partial charge is 0.124 e. The van der Waals surface area contributed by atoms with Crippen molar-refractivity contribution in [3.05, 3.63) is 17.8 Å². The molecule has 0 aliphatic rings. The number of nitrogens with zero attached hydrogens (tertiary/aromatic N) is 2. The van der Waals surface area contributed by atoms with Crippen LogP contribution >= 0.6 is 0 Å². The summed E-state index contributed by atoms with van der Waals surface area (Å²) in [4.78, 5) is 4.16. The molecule has 0 spiro atoms. The van der Waals surface area contributed by atoms with Gasteiger partial charge in [0.05, 0.1) is 25.5 Å². The van der Waals surface area contributed by atoms with Gasteiger partial charge in [-0.2, -0.15) is 5.10 Å². The molecular weight excluding hydrogens is 196 g/mol. The minimum atomic E-state index is 0.00162. The van der Waals surface area contributed by atoms with Crippen LogP contribution in [0, 0.1) is 0 Å². The first-order valence-corrected chi connectivity index (χ1v) is 4.59. The van der Waals surface area contributed by atoms with Crippen LogP contribution in [-0.2, 0) is 11.3 Å². The van der Waals surface area contributed by atoms with Gasteiger partial charge in [-0.05, 0) is 12.1 Å². The Morgan fingerprint density at radius 2 is 2.33 bits per heavy atom. The van der Waals surface area contributed by atoms with Crippen molar-refractivity contribution >= 4 is 16.9 Å². The zero-order valence-corrected chi connectivity index (χ0v) is 8.10. The summed E-state index contributed by atoms with van der Waals surface area (Å²) in [5.41, 5.74) is 7.81. The first kappa shape index (κ1) is 9.88. The fraction of sp³-hybridized carbons (Fsp3) is 0.333. The van der Waals surface area contributed by atoms with Crippen LogP contribution in [0.15, 0.2) is 12.1 Å². The van der Waals surface area contributed by atoms with E-state index in [9.17, 15) is 0 Å². The molecule has 2 heterocycles. The van der Waals surface area contributed by atoms with E-state index in [1.807, 2.05) is 0 Å². The van der Waals surface area contributed by atoms with Gasteiger partial charge in [0, 0.05) is 0 Å². The maximum absolute atomic E-state index is 8.57. The van der Waals surface area contributed by atoms with Crippen LogP contribution in [0.2, 0.25) is 0 Å². The Hall–Kier alpha value is -1.66. The number of ether oxygens (including phenoxy) is 1. The van der Waals surface area contributed by atoms with Crippen molar-refractivity contribution in [1.82, 2.24) is 15.2 Å². The van der Waals surface area contributed by atoms with E-state index >= 15 is 0 Å². The zero-order valence-electron chi connectivity index (χ0n) is 8.10. The minimum Gasteiger partial charge on any atom is -0.394 e. The molecule has 0 atom stereocenters. The van der Waals surface area contributed by atoms with Gasteiger partial charge in [-0.25, -0.2) is 4.98 Å². The van der Waals surface area contributed by atoms with E-state index in [-0.39, 0.29) is 6.61 Å². The van der Waals surface area contributed by atoms with E-state index < -0.39 is 0 Å². The third kappa shape index (κ3) is 2.05. The highest BCUT2D eigenvalue weighted by Crippen LogP contribution is 2.15. The lowest BCUT2D eigenvalue weighted by Gasteiger charge is -1.99. The van der Waals surface area contributed by atoms with Gasteiger partial charge >= 0.3 is 0 Å². The largest absolute Gasteiger partial charge is 0.394 e. The Morgan fingerprint density at radius 1 is 1.47 bits per heavy atom. The lowest BCUT2D eigenvalue weighted by molar-refractivity contribution is 0.0802. The van der Waals surface area contributed by atoms with Crippen LogP contribution in [0.25, 0.3) is 11.0 Å². The Kier molecular flexibility index (Phi) is 2.79. The van der Waals surface area contributed by atoms with E-state index in [2.05, 4.69) is 15.2 Å². The number of nitrogen functional groups attached to an aromatic ring is 1. The summed E-state index contributed by atoms with van der Waals surface area (Å²) in [5, 5.41) is 15.4. The molecule has 0 aliphatic heterocycles. The third-order valence-electron chi connectivity index (χ3n) is 1.97. The van der Waals surface area contributed by atoms with Crippen LogP contribution in [0.4, 0.5) is 5.82 Å². The molecule has 2 rings (SSSR count). The van der Waals surface area contributed by atoms with Gasteiger partial charge in [-0.3, -0.25) is 5.10 Å². The number of aliphatic hydroxyl groups is 1. The van der Waals surface area contributed by atoms with Crippen molar-refractivity contribution in [2.45, 2.75) is 6.61 Å². The summed E-state index contributed by atoms with van der Waals surface area (Å²) in [7, 11) is 0. The summed E-state index contributed by atoms with van der Waals surface area (Å²) in [6.07, 6.45) is 0. The maximum atomic E-state index is 8.57. The fourth-order valence-electron chi connectivity index (χ4n) is 1.30. The normalized spacial score (nSPS) is 11.0. The second-order valence-corrected chi connectivity index (χ2v) is 3.08. The standard InChI is InChI=1S/C9H12N4O2/c10-8-2-1-6-9(11-8)7(13-12-6)5-15-4-3-14/h1-2,14H,3-5H2,(H2,10,11)(H,12,13). The van der Waals surface area contributed by atoms with Crippen LogP contribution in [0.5, 0.6) is 0 Å².